The Morgan fingerprint density at radius 2 is 1.52 bits per heavy atom. The van der Waals surface area contributed by atoms with Crippen molar-refractivity contribution in [3.8, 4) is 11.5 Å². The van der Waals surface area contributed by atoms with Crippen molar-refractivity contribution in [1.82, 2.24) is 10.2 Å². The van der Waals surface area contributed by atoms with Crippen LogP contribution in [-0.4, -0.2) is 34.7 Å². The molecule has 3 aliphatic rings. The summed E-state index contributed by atoms with van der Waals surface area (Å²) in [4.78, 5) is 39.4. The van der Waals surface area contributed by atoms with E-state index in [4.69, 9.17) is 4.74 Å². The van der Waals surface area contributed by atoms with Gasteiger partial charge in [0.1, 0.15) is 17.0 Å². The molecule has 3 fully saturated rings. The van der Waals surface area contributed by atoms with Crippen molar-refractivity contribution in [2.45, 2.75) is 31.2 Å². The van der Waals surface area contributed by atoms with Gasteiger partial charge in [0.05, 0.1) is 6.54 Å². The van der Waals surface area contributed by atoms with Gasteiger partial charge in [0.2, 0.25) is 0 Å². The predicted octanol–water partition coefficient (Wildman–Crippen LogP) is 3.77. The van der Waals surface area contributed by atoms with Crippen LogP contribution in [0.3, 0.4) is 0 Å². The molecule has 0 atom stereocenters. The van der Waals surface area contributed by atoms with E-state index in [2.05, 4.69) is 5.32 Å². The second-order valence-corrected chi connectivity index (χ2v) is 8.10. The molecule has 2 aromatic rings. The summed E-state index contributed by atoms with van der Waals surface area (Å²) in [5, 5.41) is 2.95. The number of amides is 3. The van der Waals surface area contributed by atoms with Gasteiger partial charge in [-0.1, -0.05) is 18.2 Å². The number of rotatable bonds is 7. The smallest absolute Gasteiger partial charge is 0.325 e. The number of ketones is 1. The largest absolute Gasteiger partial charge is 0.457 e. The fraction of sp³-hybridized carbons (Fsp3) is 0.348. The molecule has 3 amide bonds. The lowest BCUT2D eigenvalue weighted by atomic mass is 9.87. The SMILES string of the molecule is O=C(CN1C(=O)NC(C2CC2)(C2CC2)C1=O)c1ccc(Oc2ccccc2)cc1. The highest BCUT2D eigenvalue weighted by Gasteiger charge is 2.65. The molecule has 0 unspecified atom stereocenters. The van der Waals surface area contributed by atoms with Crippen LogP contribution in [-0.2, 0) is 4.79 Å². The molecular weight excluding hydrogens is 368 g/mol. The van der Waals surface area contributed by atoms with Crippen LogP contribution in [0, 0.1) is 11.8 Å². The van der Waals surface area contributed by atoms with E-state index in [1.807, 2.05) is 30.3 Å². The van der Waals surface area contributed by atoms with Crippen molar-refractivity contribution in [2.24, 2.45) is 11.8 Å². The summed E-state index contributed by atoms with van der Waals surface area (Å²) in [6.45, 7) is -0.231. The number of hydrogen-bond acceptors (Lipinski definition) is 4. The number of benzene rings is 2. The second-order valence-electron chi connectivity index (χ2n) is 8.10. The van der Waals surface area contributed by atoms with Gasteiger partial charge in [-0.2, -0.15) is 0 Å². The Hall–Kier alpha value is -3.15. The van der Waals surface area contributed by atoms with E-state index in [0.29, 0.717) is 17.1 Å². The lowest BCUT2D eigenvalue weighted by molar-refractivity contribution is -0.132. The highest BCUT2D eigenvalue weighted by Crippen LogP contribution is 2.54. The molecule has 0 bridgehead atoms. The second kappa shape index (κ2) is 6.72. The van der Waals surface area contributed by atoms with Crippen molar-refractivity contribution in [3.63, 3.8) is 0 Å². The number of ether oxygens (including phenoxy) is 1. The Kier molecular flexibility index (Phi) is 4.15. The minimum absolute atomic E-state index is 0.218. The van der Waals surface area contributed by atoms with Crippen molar-refractivity contribution >= 4 is 17.7 Å². The summed E-state index contributed by atoms with van der Waals surface area (Å²) in [5.41, 5.74) is -0.313. The van der Waals surface area contributed by atoms with Gasteiger partial charge in [0, 0.05) is 5.56 Å². The third-order valence-corrected chi connectivity index (χ3v) is 6.06. The number of imide groups is 1. The lowest BCUT2D eigenvalue weighted by Crippen LogP contribution is -2.51. The fourth-order valence-electron chi connectivity index (χ4n) is 4.29. The Morgan fingerprint density at radius 1 is 0.931 bits per heavy atom. The number of Topliss-reactive ketones (excluding diaryl/α,β-unsaturated/α-hetero) is 1. The summed E-state index contributed by atoms with van der Waals surface area (Å²) in [6.07, 6.45) is 3.86. The van der Waals surface area contributed by atoms with Gasteiger partial charge in [-0.15, -0.1) is 0 Å². The molecule has 2 aromatic carbocycles. The monoisotopic (exact) mass is 390 g/mol. The number of urea groups is 1. The maximum absolute atomic E-state index is 13.1. The molecule has 1 heterocycles. The lowest BCUT2D eigenvalue weighted by Gasteiger charge is -2.26. The first kappa shape index (κ1) is 17.9. The van der Waals surface area contributed by atoms with Crippen LogP contribution in [0.1, 0.15) is 36.0 Å². The van der Waals surface area contributed by atoms with E-state index in [0.717, 1.165) is 30.6 Å². The van der Waals surface area contributed by atoms with Crippen LogP contribution in [0.4, 0.5) is 4.79 Å². The van der Waals surface area contributed by atoms with Crippen molar-refractivity contribution in [3.05, 3.63) is 60.2 Å². The van der Waals surface area contributed by atoms with Crippen molar-refractivity contribution in [1.29, 1.82) is 0 Å². The summed E-state index contributed by atoms with van der Waals surface area (Å²) >= 11 is 0. The van der Waals surface area contributed by atoms with Gasteiger partial charge >= 0.3 is 6.03 Å². The molecule has 0 spiro atoms. The standard InChI is InChI=1S/C23H22N2O4/c26-20(15-6-12-19(13-7-15)29-18-4-2-1-3-5-18)14-25-21(27)23(16-8-9-16,17-10-11-17)24-22(25)28/h1-7,12-13,16-17H,8-11,14H2,(H,24,28). The summed E-state index contributed by atoms with van der Waals surface area (Å²) < 4.78 is 5.73. The average molecular weight is 390 g/mol. The molecule has 1 N–H and O–H groups in total. The minimum atomic E-state index is -0.759. The topological polar surface area (TPSA) is 75.7 Å². The molecule has 2 aliphatic carbocycles. The highest BCUT2D eigenvalue weighted by atomic mass is 16.5. The van der Waals surface area contributed by atoms with Crippen LogP contribution < -0.4 is 10.1 Å². The zero-order valence-corrected chi connectivity index (χ0v) is 16.0. The first-order chi connectivity index (χ1) is 14.1. The Bertz CT molecular complexity index is 950. The minimum Gasteiger partial charge on any atom is -0.457 e. The first-order valence-corrected chi connectivity index (χ1v) is 10.1. The molecule has 1 saturated heterocycles. The van der Waals surface area contributed by atoms with Crippen LogP contribution >= 0.6 is 0 Å². The molecule has 2 saturated carbocycles. The quantitative estimate of drug-likeness (QED) is 0.577. The van der Waals surface area contributed by atoms with E-state index < -0.39 is 11.6 Å². The molecule has 6 nitrogen and oxygen atoms in total. The van der Waals surface area contributed by atoms with Gasteiger partial charge in [-0.05, 0) is 73.9 Å². The predicted molar refractivity (Wildman–Crippen MR) is 106 cm³/mol. The average Bonchev–Trinajstić information content (AvgIpc) is 3.64. The Balaban J connectivity index is 1.28. The number of carbonyl (C=O) groups excluding carboxylic acids is 3. The van der Waals surface area contributed by atoms with Gasteiger partial charge < -0.3 is 10.1 Å². The van der Waals surface area contributed by atoms with E-state index in [9.17, 15) is 14.4 Å². The zero-order chi connectivity index (χ0) is 20.0. The number of para-hydroxylation sites is 1. The maximum Gasteiger partial charge on any atom is 0.325 e. The summed E-state index contributed by atoms with van der Waals surface area (Å²) in [5.74, 6) is 1.29. The molecular formula is C23H22N2O4. The third-order valence-electron chi connectivity index (χ3n) is 6.06. The van der Waals surface area contributed by atoms with Crippen LogP contribution in [0.25, 0.3) is 0 Å². The molecule has 29 heavy (non-hydrogen) atoms. The fourth-order valence-corrected chi connectivity index (χ4v) is 4.29. The maximum atomic E-state index is 13.1. The van der Waals surface area contributed by atoms with Crippen molar-refractivity contribution in [2.75, 3.05) is 6.54 Å². The van der Waals surface area contributed by atoms with Gasteiger partial charge in [0.15, 0.2) is 5.78 Å². The Labute approximate surface area is 168 Å². The van der Waals surface area contributed by atoms with Crippen LogP contribution in [0.2, 0.25) is 0 Å². The van der Waals surface area contributed by atoms with E-state index in [1.54, 1.807) is 24.3 Å². The van der Waals surface area contributed by atoms with Gasteiger partial charge in [-0.3, -0.25) is 14.5 Å². The first-order valence-electron chi connectivity index (χ1n) is 10.1. The van der Waals surface area contributed by atoms with E-state index >= 15 is 0 Å². The van der Waals surface area contributed by atoms with E-state index in [-0.39, 0.29) is 30.1 Å². The number of carbonyl (C=O) groups is 3. The zero-order valence-electron chi connectivity index (χ0n) is 16.0. The van der Waals surface area contributed by atoms with Crippen LogP contribution in [0.5, 0.6) is 11.5 Å². The number of nitrogens with one attached hydrogen (secondary N) is 1. The number of nitrogens with zero attached hydrogens (tertiary/aromatic N) is 1. The molecule has 6 heteroatoms. The summed E-state index contributed by atoms with van der Waals surface area (Å²) in [7, 11) is 0. The summed E-state index contributed by atoms with van der Waals surface area (Å²) in [6, 6.07) is 15.7. The van der Waals surface area contributed by atoms with Crippen molar-refractivity contribution < 1.29 is 19.1 Å². The van der Waals surface area contributed by atoms with Gasteiger partial charge in [-0.25, -0.2) is 4.79 Å². The molecule has 0 radical (unpaired) electrons. The molecule has 148 valence electrons. The molecule has 5 rings (SSSR count). The molecule has 1 aliphatic heterocycles. The van der Waals surface area contributed by atoms with E-state index in [1.165, 1.54) is 0 Å². The normalized spacial score (nSPS) is 20.5. The Morgan fingerprint density at radius 3 is 2.10 bits per heavy atom. The van der Waals surface area contributed by atoms with Gasteiger partial charge in [0.25, 0.3) is 5.91 Å². The highest BCUT2D eigenvalue weighted by molar-refractivity contribution is 6.11. The number of hydrogen-bond donors (Lipinski definition) is 1. The molecule has 0 aromatic heterocycles. The van der Waals surface area contributed by atoms with Crippen LogP contribution in [0.15, 0.2) is 54.6 Å². The third kappa shape index (κ3) is 3.18.